The summed E-state index contributed by atoms with van der Waals surface area (Å²) in [4.78, 5) is 25.7. The zero-order valence-corrected chi connectivity index (χ0v) is 13.5. The Morgan fingerprint density at radius 2 is 1.77 bits per heavy atom. The van der Waals surface area contributed by atoms with Crippen LogP contribution in [0, 0.1) is 11.3 Å². The van der Waals surface area contributed by atoms with Gasteiger partial charge in [0.05, 0.1) is 13.0 Å². The van der Waals surface area contributed by atoms with Crippen LogP contribution in [-0.2, 0) is 9.59 Å². The second kappa shape index (κ2) is 5.99. The Hall–Kier alpha value is -2.04. The van der Waals surface area contributed by atoms with Gasteiger partial charge in [-0.1, -0.05) is 32.9 Å². The largest absolute Gasteiger partial charge is 0.497 e. The quantitative estimate of drug-likeness (QED) is 0.931. The number of carbonyl (C=O) groups is 2. The van der Waals surface area contributed by atoms with Gasteiger partial charge in [-0.25, -0.2) is 0 Å². The highest BCUT2D eigenvalue weighted by Gasteiger charge is 2.42. The van der Waals surface area contributed by atoms with Crippen molar-refractivity contribution in [3.8, 4) is 5.75 Å². The average molecular weight is 305 g/mol. The zero-order chi connectivity index (χ0) is 16.5. The van der Waals surface area contributed by atoms with E-state index in [1.807, 2.05) is 45.0 Å². The van der Waals surface area contributed by atoms with Crippen LogP contribution in [0.3, 0.4) is 0 Å². The van der Waals surface area contributed by atoms with Crippen molar-refractivity contribution in [1.82, 2.24) is 4.90 Å². The summed E-state index contributed by atoms with van der Waals surface area (Å²) in [6, 6.07) is 7.40. The maximum absolute atomic E-state index is 12.4. The first-order valence-corrected chi connectivity index (χ1v) is 7.40. The molecule has 1 aliphatic rings. The van der Waals surface area contributed by atoms with Gasteiger partial charge in [0.25, 0.3) is 0 Å². The molecule has 1 aromatic carbocycles. The van der Waals surface area contributed by atoms with Crippen molar-refractivity contribution in [2.24, 2.45) is 11.3 Å². The predicted molar refractivity (Wildman–Crippen MR) is 82.9 cm³/mol. The number of aliphatic carboxylic acids is 1. The minimum absolute atomic E-state index is 0.00485. The van der Waals surface area contributed by atoms with Crippen molar-refractivity contribution in [3.63, 3.8) is 0 Å². The van der Waals surface area contributed by atoms with E-state index in [9.17, 15) is 14.7 Å². The second-order valence-electron chi connectivity index (χ2n) is 6.78. The van der Waals surface area contributed by atoms with Gasteiger partial charge >= 0.3 is 5.97 Å². The van der Waals surface area contributed by atoms with E-state index in [0.29, 0.717) is 6.54 Å². The molecular weight excluding hydrogens is 282 g/mol. The number of carboxylic acids is 1. The highest BCUT2D eigenvalue weighted by molar-refractivity contribution is 5.83. The summed E-state index contributed by atoms with van der Waals surface area (Å²) < 4.78 is 5.13. The smallest absolute Gasteiger partial charge is 0.308 e. The van der Waals surface area contributed by atoms with Crippen molar-refractivity contribution < 1.29 is 19.4 Å². The number of benzene rings is 1. The molecule has 1 fully saturated rings. The molecule has 5 heteroatoms. The van der Waals surface area contributed by atoms with E-state index < -0.39 is 17.3 Å². The fourth-order valence-corrected chi connectivity index (χ4v) is 2.88. The first-order valence-electron chi connectivity index (χ1n) is 7.40. The van der Waals surface area contributed by atoms with Crippen molar-refractivity contribution >= 4 is 11.9 Å². The molecule has 1 aromatic rings. The third kappa shape index (κ3) is 3.24. The third-order valence-electron chi connectivity index (χ3n) is 4.11. The molecule has 0 spiro atoms. The maximum Gasteiger partial charge on any atom is 0.308 e. The number of likely N-dealkylation sites (tertiary alicyclic amines) is 1. The molecule has 5 nitrogen and oxygen atoms in total. The first kappa shape index (κ1) is 16.3. The van der Waals surface area contributed by atoms with Crippen LogP contribution in [0.5, 0.6) is 5.75 Å². The van der Waals surface area contributed by atoms with Gasteiger partial charge in [0.15, 0.2) is 0 Å². The molecule has 2 rings (SSSR count). The monoisotopic (exact) mass is 305 g/mol. The molecule has 1 aliphatic heterocycles. The normalized spacial score (nSPS) is 21.7. The topological polar surface area (TPSA) is 66.8 Å². The Morgan fingerprint density at radius 3 is 2.23 bits per heavy atom. The van der Waals surface area contributed by atoms with Crippen LogP contribution >= 0.6 is 0 Å². The highest BCUT2D eigenvalue weighted by atomic mass is 16.5. The third-order valence-corrected chi connectivity index (χ3v) is 4.11. The lowest BCUT2D eigenvalue weighted by Crippen LogP contribution is -2.38. The molecule has 1 heterocycles. The molecule has 0 aromatic heterocycles. The van der Waals surface area contributed by atoms with E-state index in [0.717, 1.165) is 11.3 Å². The Balaban J connectivity index is 2.25. The molecule has 0 bridgehead atoms. The number of rotatable bonds is 3. The van der Waals surface area contributed by atoms with Crippen LogP contribution in [0.4, 0.5) is 0 Å². The molecule has 1 amide bonds. The van der Waals surface area contributed by atoms with Gasteiger partial charge in [0.1, 0.15) is 5.75 Å². The lowest BCUT2D eigenvalue weighted by Gasteiger charge is -2.25. The van der Waals surface area contributed by atoms with Gasteiger partial charge < -0.3 is 14.7 Å². The number of carbonyl (C=O) groups excluding carboxylic acids is 1. The molecule has 1 saturated heterocycles. The van der Waals surface area contributed by atoms with Crippen molar-refractivity contribution in [2.45, 2.75) is 26.7 Å². The fourth-order valence-electron chi connectivity index (χ4n) is 2.88. The fraction of sp³-hybridized carbons (Fsp3) is 0.529. The number of carboxylic acid groups (broad SMARTS) is 1. The lowest BCUT2D eigenvalue weighted by molar-refractivity contribution is -0.142. The van der Waals surface area contributed by atoms with Crippen LogP contribution in [0.1, 0.15) is 32.3 Å². The standard InChI is InChI=1S/C17H23NO4/c1-17(2,3)16(21)18-9-13(14(10-18)15(19)20)11-5-7-12(22-4)8-6-11/h5-8,13-14H,9-10H2,1-4H3,(H,19,20)/t13-,14+/m0/s1. The van der Waals surface area contributed by atoms with E-state index in [-0.39, 0.29) is 18.4 Å². The SMILES string of the molecule is COc1ccc([C@@H]2CN(C(=O)C(C)(C)C)C[C@H]2C(=O)O)cc1. The Morgan fingerprint density at radius 1 is 1.18 bits per heavy atom. The average Bonchev–Trinajstić information content (AvgIpc) is 2.90. The van der Waals surface area contributed by atoms with E-state index >= 15 is 0 Å². The molecule has 0 unspecified atom stereocenters. The molecule has 1 N–H and O–H groups in total. The summed E-state index contributed by atoms with van der Waals surface area (Å²) in [7, 11) is 1.59. The van der Waals surface area contributed by atoms with Gasteiger partial charge in [-0.15, -0.1) is 0 Å². The summed E-state index contributed by atoms with van der Waals surface area (Å²) >= 11 is 0. The van der Waals surface area contributed by atoms with Crippen molar-refractivity contribution in [2.75, 3.05) is 20.2 Å². The number of hydrogen-bond donors (Lipinski definition) is 1. The Kier molecular flexibility index (Phi) is 4.44. The van der Waals surface area contributed by atoms with Gasteiger partial charge in [-0.3, -0.25) is 9.59 Å². The highest BCUT2D eigenvalue weighted by Crippen LogP contribution is 2.35. The van der Waals surface area contributed by atoms with Gasteiger partial charge in [-0.05, 0) is 17.7 Å². The molecule has 22 heavy (non-hydrogen) atoms. The van der Waals surface area contributed by atoms with E-state index in [2.05, 4.69) is 0 Å². The van der Waals surface area contributed by atoms with Crippen LogP contribution in [0.25, 0.3) is 0 Å². The second-order valence-corrected chi connectivity index (χ2v) is 6.78. The number of nitrogens with zero attached hydrogens (tertiary/aromatic N) is 1. The Bertz CT molecular complexity index is 559. The van der Waals surface area contributed by atoms with Crippen molar-refractivity contribution in [1.29, 1.82) is 0 Å². The van der Waals surface area contributed by atoms with Crippen LogP contribution in [-0.4, -0.2) is 42.1 Å². The van der Waals surface area contributed by atoms with E-state index in [1.165, 1.54) is 0 Å². The summed E-state index contributed by atoms with van der Waals surface area (Å²) in [5, 5.41) is 9.49. The minimum Gasteiger partial charge on any atom is -0.497 e. The number of methoxy groups -OCH3 is 1. The predicted octanol–water partition coefficient (Wildman–Crippen LogP) is 2.37. The maximum atomic E-state index is 12.4. The first-order chi connectivity index (χ1) is 10.2. The zero-order valence-electron chi connectivity index (χ0n) is 13.5. The number of ether oxygens (including phenoxy) is 1. The van der Waals surface area contributed by atoms with Crippen LogP contribution < -0.4 is 4.74 Å². The van der Waals surface area contributed by atoms with Gasteiger partial charge in [-0.2, -0.15) is 0 Å². The molecule has 0 aliphatic carbocycles. The van der Waals surface area contributed by atoms with Gasteiger partial charge in [0.2, 0.25) is 5.91 Å². The van der Waals surface area contributed by atoms with Crippen molar-refractivity contribution in [3.05, 3.63) is 29.8 Å². The number of amides is 1. The Labute approximate surface area is 130 Å². The van der Waals surface area contributed by atoms with Gasteiger partial charge in [0, 0.05) is 24.4 Å². The molecular formula is C17H23NO4. The van der Waals surface area contributed by atoms with Crippen LogP contribution in [0.15, 0.2) is 24.3 Å². The van der Waals surface area contributed by atoms with Crippen LogP contribution in [0.2, 0.25) is 0 Å². The summed E-state index contributed by atoms with van der Waals surface area (Å²) in [6.45, 7) is 6.27. The summed E-state index contributed by atoms with van der Waals surface area (Å²) in [5.41, 5.74) is 0.426. The number of hydrogen-bond acceptors (Lipinski definition) is 3. The molecule has 0 saturated carbocycles. The lowest BCUT2D eigenvalue weighted by atomic mass is 9.89. The molecule has 0 radical (unpaired) electrons. The summed E-state index contributed by atoms with van der Waals surface area (Å²) in [5.74, 6) is -0.884. The van der Waals surface area contributed by atoms with E-state index in [4.69, 9.17) is 4.74 Å². The molecule has 2 atom stereocenters. The summed E-state index contributed by atoms with van der Waals surface area (Å²) in [6.07, 6.45) is 0. The minimum atomic E-state index is -0.856. The molecule has 120 valence electrons. The van der Waals surface area contributed by atoms with E-state index in [1.54, 1.807) is 12.0 Å².